The summed E-state index contributed by atoms with van der Waals surface area (Å²) in [6.45, 7) is 4.15. The molecule has 0 heterocycles. The molecular formula is C24H25ClN2O3S. The van der Waals surface area contributed by atoms with Gasteiger partial charge in [-0.1, -0.05) is 74.0 Å². The summed E-state index contributed by atoms with van der Waals surface area (Å²) in [7, 11) is -3.79. The van der Waals surface area contributed by atoms with Crippen molar-refractivity contribution < 1.29 is 13.2 Å². The van der Waals surface area contributed by atoms with Crippen molar-refractivity contribution in [1.29, 1.82) is 0 Å². The molecule has 0 aliphatic heterocycles. The van der Waals surface area contributed by atoms with Gasteiger partial charge in [0.1, 0.15) is 4.90 Å². The lowest BCUT2D eigenvalue weighted by molar-refractivity contribution is 0.102. The first-order valence-corrected chi connectivity index (χ1v) is 11.9. The Morgan fingerprint density at radius 2 is 1.58 bits per heavy atom. The number of para-hydroxylation sites is 1. The van der Waals surface area contributed by atoms with Crippen LogP contribution in [0.15, 0.2) is 77.7 Å². The maximum atomic E-state index is 13.0. The first-order valence-electron chi connectivity index (χ1n) is 10.1. The molecule has 5 nitrogen and oxygen atoms in total. The minimum Gasteiger partial charge on any atom is -0.322 e. The van der Waals surface area contributed by atoms with E-state index in [2.05, 4.69) is 5.32 Å². The quantitative estimate of drug-likeness (QED) is 0.505. The molecule has 1 amide bonds. The Kier molecular flexibility index (Phi) is 7.49. The number of sulfonamides is 1. The van der Waals surface area contributed by atoms with E-state index in [1.54, 1.807) is 13.8 Å². The second-order valence-corrected chi connectivity index (χ2v) is 9.32. The number of hydrogen-bond donors (Lipinski definition) is 1. The number of anilines is 1. The molecule has 3 aromatic carbocycles. The lowest BCUT2D eigenvalue weighted by Crippen LogP contribution is -2.31. The van der Waals surface area contributed by atoms with Crippen LogP contribution in [0.5, 0.6) is 0 Å². The molecule has 0 atom stereocenters. The summed E-state index contributed by atoms with van der Waals surface area (Å²) in [5.74, 6) is -0.395. The van der Waals surface area contributed by atoms with E-state index in [1.165, 1.54) is 22.5 Å². The van der Waals surface area contributed by atoms with E-state index >= 15 is 0 Å². The second kappa shape index (κ2) is 10.1. The fraction of sp³-hybridized carbons (Fsp3) is 0.208. The molecule has 3 aromatic rings. The van der Waals surface area contributed by atoms with Crippen molar-refractivity contribution in [3.05, 3.63) is 94.5 Å². The number of carbonyl (C=O) groups is 1. The van der Waals surface area contributed by atoms with Crippen molar-refractivity contribution in [2.75, 3.05) is 18.4 Å². The van der Waals surface area contributed by atoms with Gasteiger partial charge in [0.15, 0.2) is 0 Å². The van der Waals surface area contributed by atoms with Gasteiger partial charge in [0, 0.05) is 24.3 Å². The molecule has 0 saturated heterocycles. The van der Waals surface area contributed by atoms with E-state index in [9.17, 15) is 13.2 Å². The van der Waals surface area contributed by atoms with Crippen LogP contribution in [0.3, 0.4) is 0 Å². The third-order valence-corrected chi connectivity index (χ3v) is 7.55. The Morgan fingerprint density at radius 1 is 0.935 bits per heavy atom. The van der Waals surface area contributed by atoms with Crippen LogP contribution in [0.2, 0.25) is 5.02 Å². The average molecular weight is 457 g/mol. The van der Waals surface area contributed by atoms with E-state index in [0.717, 1.165) is 11.1 Å². The maximum absolute atomic E-state index is 13.0. The van der Waals surface area contributed by atoms with Crippen LogP contribution < -0.4 is 5.32 Å². The minimum atomic E-state index is -3.79. The molecule has 0 aliphatic rings. The van der Waals surface area contributed by atoms with Crippen molar-refractivity contribution in [1.82, 2.24) is 4.31 Å². The van der Waals surface area contributed by atoms with Gasteiger partial charge < -0.3 is 5.32 Å². The highest BCUT2D eigenvalue weighted by Gasteiger charge is 2.25. The molecule has 0 spiro atoms. The van der Waals surface area contributed by atoms with Gasteiger partial charge in [-0.15, -0.1) is 0 Å². The molecule has 3 rings (SSSR count). The van der Waals surface area contributed by atoms with Crippen molar-refractivity contribution in [2.24, 2.45) is 0 Å². The number of hydrogen-bond acceptors (Lipinski definition) is 3. The zero-order valence-electron chi connectivity index (χ0n) is 17.5. The Morgan fingerprint density at radius 3 is 2.26 bits per heavy atom. The molecule has 0 aliphatic carbocycles. The van der Waals surface area contributed by atoms with Gasteiger partial charge in [-0.25, -0.2) is 8.42 Å². The highest BCUT2D eigenvalue weighted by Crippen LogP contribution is 2.27. The molecule has 1 N–H and O–H groups in total. The van der Waals surface area contributed by atoms with Crippen LogP contribution in [0.1, 0.15) is 35.3 Å². The van der Waals surface area contributed by atoms with Gasteiger partial charge in [-0.3, -0.25) is 4.79 Å². The number of nitrogens with one attached hydrogen (secondary N) is 1. The fourth-order valence-electron chi connectivity index (χ4n) is 3.35. The molecule has 0 bridgehead atoms. The topological polar surface area (TPSA) is 66.5 Å². The molecule has 0 aromatic heterocycles. The molecule has 0 radical (unpaired) electrons. The van der Waals surface area contributed by atoms with Crippen LogP contribution in [0, 0.1) is 0 Å². The lowest BCUT2D eigenvalue weighted by Gasteiger charge is -2.19. The normalized spacial score (nSPS) is 11.5. The molecule has 31 heavy (non-hydrogen) atoms. The van der Waals surface area contributed by atoms with Gasteiger partial charge >= 0.3 is 0 Å². The van der Waals surface area contributed by atoms with E-state index in [0.29, 0.717) is 25.2 Å². The number of benzene rings is 3. The Labute approximate surface area is 188 Å². The predicted octanol–water partition coefficient (Wildman–Crippen LogP) is 5.21. The highest BCUT2D eigenvalue weighted by molar-refractivity contribution is 7.89. The maximum Gasteiger partial charge on any atom is 0.255 e. The minimum absolute atomic E-state index is 0.0666. The average Bonchev–Trinajstić information content (AvgIpc) is 2.76. The van der Waals surface area contributed by atoms with Gasteiger partial charge in [-0.05, 0) is 41.8 Å². The number of rotatable bonds is 8. The zero-order chi connectivity index (χ0) is 22.4. The molecule has 7 heteroatoms. The largest absolute Gasteiger partial charge is 0.322 e. The van der Waals surface area contributed by atoms with Crippen LogP contribution >= 0.6 is 11.6 Å². The van der Waals surface area contributed by atoms with Crippen LogP contribution in [-0.4, -0.2) is 31.7 Å². The zero-order valence-corrected chi connectivity index (χ0v) is 19.1. The second-order valence-electron chi connectivity index (χ2n) is 7.01. The van der Waals surface area contributed by atoms with Gasteiger partial charge in [0.25, 0.3) is 5.91 Å². The number of nitrogens with zero attached hydrogens (tertiary/aromatic N) is 1. The summed E-state index contributed by atoms with van der Waals surface area (Å²) in [5, 5.41) is 3.00. The van der Waals surface area contributed by atoms with E-state index in [1.807, 2.05) is 54.6 Å². The third kappa shape index (κ3) is 5.34. The standard InChI is InChI=1S/C24H25ClN2O3S/c1-3-27(4-2)31(29,30)23-17-20(14-15-21(23)25)24(28)26-22-13-9-8-12-19(22)16-18-10-6-5-7-11-18/h5-15,17H,3-4,16H2,1-2H3,(H,26,28). The fourth-order valence-corrected chi connectivity index (χ4v) is 5.31. The highest BCUT2D eigenvalue weighted by atomic mass is 35.5. The van der Waals surface area contributed by atoms with E-state index in [-0.39, 0.29) is 15.5 Å². The molecule has 0 saturated carbocycles. The van der Waals surface area contributed by atoms with Crippen molar-refractivity contribution >= 4 is 33.2 Å². The summed E-state index contributed by atoms with van der Waals surface area (Å²) >= 11 is 6.18. The van der Waals surface area contributed by atoms with Crippen LogP contribution in [0.4, 0.5) is 5.69 Å². The van der Waals surface area contributed by atoms with Crippen molar-refractivity contribution in [3.63, 3.8) is 0 Å². The van der Waals surface area contributed by atoms with Crippen molar-refractivity contribution in [3.8, 4) is 0 Å². The molecular weight excluding hydrogens is 432 g/mol. The van der Waals surface area contributed by atoms with Gasteiger partial charge in [0.2, 0.25) is 10.0 Å². The lowest BCUT2D eigenvalue weighted by atomic mass is 10.0. The van der Waals surface area contributed by atoms with Gasteiger partial charge in [0.05, 0.1) is 5.02 Å². The first-order chi connectivity index (χ1) is 14.9. The summed E-state index contributed by atoms with van der Waals surface area (Å²) in [6.07, 6.45) is 0.666. The monoisotopic (exact) mass is 456 g/mol. The third-order valence-electron chi connectivity index (χ3n) is 5.02. The Bertz CT molecular complexity index is 1160. The van der Waals surface area contributed by atoms with E-state index < -0.39 is 15.9 Å². The van der Waals surface area contributed by atoms with Crippen LogP contribution in [-0.2, 0) is 16.4 Å². The number of carbonyl (C=O) groups excluding carboxylic acids is 1. The Hall–Kier alpha value is -2.67. The first kappa shape index (κ1) is 23.0. The summed E-state index contributed by atoms with van der Waals surface area (Å²) in [4.78, 5) is 12.9. The molecule has 162 valence electrons. The summed E-state index contributed by atoms with van der Waals surface area (Å²) in [5.41, 5.74) is 3.00. The number of amides is 1. The van der Waals surface area contributed by atoms with Gasteiger partial charge in [-0.2, -0.15) is 4.31 Å². The van der Waals surface area contributed by atoms with Crippen LogP contribution in [0.25, 0.3) is 0 Å². The Balaban J connectivity index is 1.89. The summed E-state index contributed by atoms with van der Waals surface area (Å²) < 4.78 is 27.1. The van der Waals surface area contributed by atoms with E-state index in [4.69, 9.17) is 11.6 Å². The molecule has 0 fully saturated rings. The predicted molar refractivity (Wildman–Crippen MR) is 125 cm³/mol. The SMILES string of the molecule is CCN(CC)S(=O)(=O)c1cc(C(=O)Nc2ccccc2Cc2ccccc2)ccc1Cl. The summed E-state index contributed by atoms with van der Waals surface area (Å²) in [6, 6.07) is 21.8. The number of halogens is 1. The van der Waals surface area contributed by atoms with Crippen molar-refractivity contribution in [2.45, 2.75) is 25.2 Å². The smallest absolute Gasteiger partial charge is 0.255 e. The molecule has 0 unspecified atom stereocenters.